The molecule has 2 N–H and O–H groups in total. The standard InChI is InChI=1S/C16H33N3O2/c1-5-14(8-9-17)18-10-7-11-19(13-12-18)15(20)16(3,6-2)21-4/h14H,5-13,17H2,1-4H3. The summed E-state index contributed by atoms with van der Waals surface area (Å²) in [6.45, 7) is 10.4. The lowest BCUT2D eigenvalue weighted by atomic mass is 10.0. The SMILES string of the molecule is CCC(CCN)N1CCCN(C(=O)C(C)(CC)OC)CC1. The molecule has 0 aromatic rings. The first-order valence-corrected chi connectivity index (χ1v) is 8.31. The van der Waals surface area contributed by atoms with Gasteiger partial charge in [-0.05, 0) is 39.2 Å². The van der Waals surface area contributed by atoms with Crippen LogP contribution in [0, 0.1) is 0 Å². The molecular weight excluding hydrogens is 266 g/mol. The van der Waals surface area contributed by atoms with Gasteiger partial charge < -0.3 is 15.4 Å². The van der Waals surface area contributed by atoms with Crippen LogP contribution in [0.3, 0.4) is 0 Å². The Balaban J connectivity index is 2.65. The van der Waals surface area contributed by atoms with Gasteiger partial charge in [-0.1, -0.05) is 13.8 Å². The Morgan fingerprint density at radius 3 is 2.52 bits per heavy atom. The Hall–Kier alpha value is -0.650. The molecule has 2 atom stereocenters. The maximum Gasteiger partial charge on any atom is 0.254 e. The zero-order chi connectivity index (χ0) is 15.9. The van der Waals surface area contributed by atoms with Gasteiger partial charge >= 0.3 is 0 Å². The summed E-state index contributed by atoms with van der Waals surface area (Å²) in [5.41, 5.74) is 5.03. The van der Waals surface area contributed by atoms with Crippen LogP contribution >= 0.6 is 0 Å². The highest BCUT2D eigenvalue weighted by Crippen LogP contribution is 2.20. The van der Waals surface area contributed by atoms with E-state index in [1.54, 1.807) is 7.11 Å². The summed E-state index contributed by atoms with van der Waals surface area (Å²) in [4.78, 5) is 17.1. The molecule has 0 bridgehead atoms. The predicted octanol–water partition coefficient (Wildman–Crippen LogP) is 1.46. The van der Waals surface area contributed by atoms with Gasteiger partial charge in [0.05, 0.1) is 0 Å². The number of amides is 1. The molecule has 0 aliphatic carbocycles. The van der Waals surface area contributed by atoms with Crippen molar-refractivity contribution in [1.82, 2.24) is 9.80 Å². The molecule has 0 aromatic carbocycles. The topological polar surface area (TPSA) is 58.8 Å². The lowest BCUT2D eigenvalue weighted by Crippen LogP contribution is -2.49. The van der Waals surface area contributed by atoms with Crippen LogP contribution in [0.2, 0.25) is 0 Å². The highest BCUT2D eigenvalue weighted by Gasteiger charge is 2.35. The zero-order valence-corrected chi connectivity index (χ0v) is 14.2. The quantitative estimate of drug-likeness (QED) is 0.773. The van der Waals surface area contributed by atoms with E-state index < -0.39 is 5.60 Å². The number of carbonyl (C=O) groups is 1. The first kappa shape index (κ1) is 18.4. The highest BCUT2D eigenvalue weighted by molar-refractivity contribution is 5.84. The van der Waals surface area contributed by atoms with Gasteiger partial charge in [0.25, 0.3) is 5.91 Å². The van der Waals surface area contributed by atoms with E-state index in [1.165, 1.54) is 0 Å². The van der Waals surface area contributed by atoms with Crippen molar-refractivity contribution in [3.05, 3.63) is 0 Å². The van der Waals surface area contributed by atoms with Crippen molar-refractivity contribution in [2.45, 2.75) is 58.1 Å². The van der Waals surface area contributed by atoms with Gasteiger partial charge in [0.15, 0.2) is 0 Å². The second kappa shape index (κ2) is 8.71. The normalized spacial score (nSPS) is 21.7. The molecule has 1 amide bonds. The van der Waals surface area contributed by atoms with Crippen LogP contribution < -0.4 is 5.73 Å². The van der Waals surface area contributed by atoms with Crippen LogP contribution in [0.5, 0.6) is 0 Å². The molecule has 124 valence electrons. The number of methoxy groups -OCH3 is 1. The minimum atomic E-state index is -0.684. The summed E-state index contributed by atoms with van der Waals surface area (Å²) in [6, 6.07) is 0.546. The third-order valence-electron chi connectivity index (χ3n) is 4.88. The highest BCUT2D eigenvalue weighted by atomic mass is 16.5. The van der Waals surface area contributed by atoms with Crippen molar-refractivity contribution in [2.24, 2.45) is 5.73 Å². The second-order valence-electron chi connectivity index (χ2n) is 6.11. The monoisotopic (exact) mass is 299 g/mol. The molecule has 0 radical (unpaired) electrons. The van der Waals surface area contributed by atoms with E-state index in [1.807, 2.05) is 18.7 Å². The molecule has 0 spiro atoms. The van der Waals surface area contributed by atoms with Crippen LogP contribution in [0.4, 0.5) is 0 Å². The molecule has 1 fully saturated rings. The van der Waals surface area contributed by atoms with Crippen molar-refractivity contribution in [2.75, 3.05) is 39.8 Å². The third kappa shape index (κ3) is 4.66. The Kier molecular flexibility index (Phi) is 7.63. The number of hydrogen-bond acceptors (Lipinski definition) is 4. The molecule has 1 aliphatic rings. The third-order valence-corrected chi connectivity index (χ3v) is 4.88. The lowest BCUT2D eigenvalue weighted by molar-refractivity contribution is -0.153. The summed E-state index contributed by atoms with van der Waals surface area (Å²) in [6.07, 6.45) is 3.88. The molecule has 1 saturated heterocycles. The Morgan fingerprint density at radius 1 is 1.29 bits per heavy atom. The Labute approximate surface area is 129 Å². The van der Waals surface area contributed by atoms with Crippen molar-refractivity contribution in [1.29, 1.82) is 0 Å². The van der Waals surface area contributed by atoms with Crippen LogP contribution in [-0.2, 0) is 9.53 Å². The molecule has 1 heterocycles. The second-order valence-corrected chi connectivity index (χ2v) is 6.11. The first-order valence-electron chi connectivity index (χ1n) is 8.31. The summed E-state index contributed by atoms with van der Waals surface area (Å²) in [5.74, 6) is 0.126. The van der Waals surface area contributed by atoms with Crippen LogP contribution in [-0.4, -0.2) is 67.2 Å². The van der Waals surface area contributed by atoms with Crippen LogP contribution in [0.1, 0.15) is 46.5 Å². The molecule has 5 heteroatoms. The smallest absolute Gasteiger partial charge is 0.254 e. The molecule has 21 heavy (non-hydrogen) atoms. The number of ether oxygens (including phenoxy) is 1. The van der Waals surface area contributed by atoms with Gasteiger partial charge in [-0.25, -0.2) is 0 Å². The summed E-state index contributed by atoms with van der Waals surface area (Å²) in [5, 5.41) is 0. The van der Waals surface area contributed by atoms with Crippen molar-refractivity contribution < 1.29 is 9.53 Å². The molecule has 0 saturated carbocycles. The van der Waals surface area contributed by atoms with E-state index in [4.69, 9.17) is 10.5 Å². The fraction of sp³-hybridized carbons (Fsp3) is 0.938. The van der Waals surface area contributed by atoms with Crippen LogP contribution in [0.25, 0.3) is 0 Å². The predicted molar refractivity (Wildman–Crippen MR) is 86.2 cm³/mol. The van der Waals surface area contributed by atoms with Gasteiger partial charge in [0, 0.05) is 39.3 Å². The maximum absolute atomic E-state index is 12.7. The van der Waals surface area contributed by atoms with Crippen molar-refractivity contribution >= 4 is 5.91 Å². The fourth-order valence-electron chi connectivity index (χ4n) is 3.06. The lowest BCUT2D eigenvalue weighted by Gasteiger charge is -2.33. The van der Waals surface area contributed by atoms with Gasteiger partial charge in [0.1, 0.15) is 5.60 Å². The van der Waals surface area contributed by atoms with E-state index in [-0.39, 0.29) is 5.91 Å². The number of hydrogen-bond donors (Lipinski definition) is 1. The average Bonchev–Trinajstić information content (AvgIpc) is 2.77. The van der Waals surface area contributed by atoms with Gasteiger partial charge in [-0.15, -0.1) is 0 Å². The Bertz CT molecular complexity index is 319. The molecule has 2 unspecified atom stereocenters. The number of nitrogens with zero attached hydrogens (tertiary/aromatic N) is 2. The molecule has 1 rings (SSSR count). The van der Waals surface area contributed by atoms with Gasteiger partial charge in [-0.2, -0.15) is 0 Å². The average molecular weight is 299 g/mol. The summed E-state index contributed by atoms with van der Waals surface area (Å²) in [7, 11) is 1.62. The molecule has 5 nitrogen and oxygen atoms in total. The summed E-state index contributed by atoms with van der Waals surface area (Å²) >= 11 is 0. The van der Waals surface area contributed by atoms with E-state index in [0.29, 0.717) is 12.5 Å². The van der Waals surface area contributed by atoms with E-state index in [0.717, 1.165) is 52.0 Å². The minimum absolute atomic E-state index is 0.126. The number of rotatable bonds is 7. The molecular formula is C16H33N3O2. The zero-order valence-electron chi connectivity index (χ0n) is 14.2. The molecule has 1 aliphatic heterocycles. The van der Waals surface area contributed by atoms with E-state index >= 15 is 0 Å². The summed E-state index contributed by atoms with van der Waals surface area (Å²) < 4.78 is 5.46. The van der Waals surface area contributed by atoms with Crippen molar-refractivity contribution in [3.8, 4) is 0 Å². The number of carbonyl (C=O) groups excluding carboxylic acids is 1. The molecule has 0 aromatic heterocycles. The largest absolute Gasteiger partial charge is 0.369 e. The maximum atomic E-state index is 12.7. The van der Waals surface area contributed by atoms with E-state index in [9.17, 15) is 4.79 Å². The van der Waals surface area contributed by atoms with Crippen molar-refractivity contribution in [3.63, 3.8) is 0 Å². The first-order chi connectivity index (χ1) is 10.0. The van der Waals surface area contributed by atoms with Crippen LogP contribution in [0.15, 0.2) is 0 Å². The fourth-order valence-corrected chi connectivity index (χ4v) is 3.06. The van der Waals surface area contributed by atoms with Gasteiger partial charge in [0.2, 0.25) is 0 Å². The Morgan fingerprint density at radius 2 is 2.00 bits per heavy atom. The minimum Gasteiger partial charge on any atom is -0.369 e. The number of nitrogens with two attached hydrogens (primary N) is 1. The van der Waals surface area contributed by atoms with E-state index in [2.05, 4.69) is 11.8 Å². The van der Waals surface area contributed by atoms with Gasteiger partial charge in [-0.3, -0.25) is 9.69 Å².